The second-order valence-corrected chi connectivity index (χ2v) is 10.3. The van der Waals surface area contributed by atoms with Gasteiger partial charge in [-0.2, -0.15) is 0 Å². The lowest BCUT2D eigenvalue weighted by molar-refractivity contribution is -0.139. The molecule has 2 aromatic carbocycles. The van der Waals surface area contributed by atoms with Crippen LogP contribution in [0.5, 0.6) is 0 Å². The molecule has 2 amide bonds. The average Bonchev–Trinajstić information content (AvgIpc) is 2.77. The summed E-state index contributed by atoms with van der Waals surface area (Å²) in [7, 11) is 0. The van der Waals surface area contributed by atoms with E-state index in [1.165, 1.54) is 11.8 Å². The molecule has 0 aromatic heterocycles. The normalized spacial score (nSPS) is 12.8. The molecule has 0 unspecified atom stereocenters. The molecule has 0 bridgehead atoms. The summed E-state index contributed by atoms with van der Waals surface area (Å²) in [5.74, 6) is 0.344. The molecule has 180 valence electrons. The third-order valence-electron chi connectivity index (χ3n) is 5.26. The van der Waals surface area contributed by atoms with Gasteiger partial charge in [0.05, 0.1) is 15.8 Å². The number of nitrogens with one attached hydrogen (secondary N) is 1. The van der Waals surface area contributed by atoms with Crippen molar-refractivity contribution in [1.82, 2.24) is 10.2 Å². The third-order valence-corrected chi connectivity index (χ3v) is 7.65. The topological polar surface area (TPSA) is 49.4 Å². The Morgan fingerprint density at radius 2 is 1.64 bits per heavy atom. The maximum absolute atomic E-state index is 13.3. The fourth-order valence-corrected chi connectivity index (χ4v) is 5.16. The van der Waals surface area contributed by atoms with Gasteiger partial charge in [0, 0.05) is 28.4 Å². The average molecular weight is 550 g/mol. The number of thioether (sulfide) groups is 1. The molecule has 2 atom stereocenters. The van der Waals surface area contributed by atoms with Crippen LogP contribution in [-0.4, -0.2) is 34.6 Å². The number of carbonyl (C=O) groups is 2. The van der Waals surface area contributed by atoms with Gasteiger partial charge in [-0.05, 0) is 55.2 Å². The minimum Gasteiger partial charge on any atom is -0.352 e. The number of hydrogen-bond donors (Lipinski definition) is 1. The Morgan fingerprint density at radius 1 is 0.970 bits per heavy atom. The van der Waals surface area contributed by atoms with Crippen molar-refractivity contribution in [2.75, 3.05) is 5.75 Å². The number of nitrogens with zero attached hydrogens (tertiary/aromatic N) is 1. The first-order valence-electron chi connectivity index (χ1n) is 10.7. The van der Waals surface area contributed by atoms with Gasteiger partial charge in [0.1, 0.15) is 6.04 Å². The molecule has 0 saturated carbocycles. The highest BCUT2D eigenvalue weighted by molar-refractivity contribution is 7.99. The van der Waals surface area contributed by atoms with E-state index < -0.39 is 6.04 Å². The first-order chi connectivity index (χ1) is 15.7. The van der Waals surface area contributed by atoms with Crippen LogP contribution < -0.4 is 5.32 Å². The Morgan fingerprint density at radius 3 is 2.21 bits per heavy atom. The molecule has 2 rings (SSSR count). The highest BCUT2D eigenvalue weighted by Crippen LogP contribution is 2.29. The predicted molar refractivity (Wildman–Crippen MR) is 142 cm³/mol. The largest absolute Gasteiger partial charge is 0.352 e. The van der Waals surface area contributed by atoms with Crippen molar-refractivity contribution in [3.8, 4) is 0 Å². The van der Waals surface area contributed by atoms with Crippen LogP contribution in [0.25, 0.3) is 0 Å². The van der Waals surface area contributed by atoms with Gasteiger partial charge in [0.25, 0.3) is 0 Å². The Hall–Kier alpha value is -1.11. The van der Waals surface area contributed by atoms with E-state index in [0.717, 1.165) is 17.5 Å². The molecule has 9 heteroatoms. The molecular formula is C24H28Cl4N2O2S. The molecule has 0 saturated heterocycles. The number of benzene rings is 2. The second kappa shape index (κ2) is 13.7. The third kappa shape index (κ3) is 8.25. The molecule has 33 heavy (non-hydrogen) atoms. The molecule has 0 radical (unpaired) electrons. The molecule has 4 nitrogen and oxygen atoms in total. The van der Waals surface area contributed by atoms with Gasteiger partial charge >= 0.3 is 0 Å². The van der Waals surface area contributed by atoms with Gasteiger partial charge in [-0.15, -0.1) is 11.8 Å². The van der Waals surface area contributed by atoms with Crippen molar-refractivity contribution >= 4 is 70.0 Å². The summed E-state index contributed by atoms with van der Waals surface area (Å²) in [5, 5.41) is 4.97. The van der Waals surface area contributed by atoms with Crippen LogP contribution in [0.2, 0.25) is 20.1 Å². The van der Waals surface area contributed by atoms with E-state index in [-0.39, 0.29) is 30.2 Å². The van der Waals surface area contributed by atoms with Crippen LogP contribution >= 0.6 is 58.2 Å². The number of hydrogen-bond acceptors (Lipinski definition) is 3. The SMILES string of the molecule is CC[C@@H](C)NC(=O)[C@H](CC)N(Cc1ccc(Cl)c(Cl)c1)C(=O)CSCc1c(Cl)cccc1Cl. The summed E-state index contributed by atoms with van der Waals surface area (Å²) < 4.78 is 0. The summed E-state index contributed by atoms with van der Waals surface area (Å²) in [4.78, 5) is 27.9. The molecule has 0 fully saturated rings. The second-order valence-electron chi connectivity index (χ2n) is 7.71. The van der Waals surface area contributed by atoms with Gasteiger partial charge in [-0.1, -0.05) is 72.4 Å². The molecule has 0 aliphatic rings. The highest BCUT2D eigenvalue weighted by atomic mass is 35.5. The van der Waals surface area contributed by atoms with Crippen LogP contribution in [0.1, 0.15) is 44.7 Å². The summed E-state index contributed by atoms with van der Waals surface area (Å²) in [5.41, 5.74) is 1.59. The van der Waals surface area contributed by atoms with Crippen molar-refractivity contribution in [3.05, 3.63) is 67.6 Å². The van der Waals surface area contributed by atoms with E-state index in [9.17, 15) is 9.59 Å². The van der Waals surface area contributed by atoms with Crippen molar-refractivity contribution in [3.63, 3.8) is 0 Å². The Balaban J connectivity index is 2.21. The van der Waals surface area contributed by atoms with E-state index >= 15 is 0 Å². The fourth-order valence-electron chi connectivity index (χ4n) is 3.19. The van der Waals surface area contributed by atoms with E-state index in [2.05, 4.69) is 5.32 Å². The maximum atomic E-state index is 13.3. The van der Waals surface area contributed by atoms with Crippen LogP contribution in [0.4, 0.5) is 0 Å². The monoisotopic (exact) mass is 548 g/mol. The van der Waals surface area contributed by atoms with Crippen molar-refractivity contribution < 1.29 is 9.59 Å². The first-order valence-corrected chi connectivity index (χ1v) is 13.4. The minimum absolute atomic E-state index is 0.0187. The Kier molecular flexibility index (Phi) is 11.7. The van der Waals surface area contributed by atoms with Crippen LogP contribution in [0, 0.1) is 0 Å². The molecular weight excluding hydrogens is 522 g/mol. The van der Waals surface area contributed by atoms with Crippen LogP contribution in [0.15, 0.2) is 36.4 Å². The summed E-state index contributed by atoms with van der Waals surface area (Å²) in [6.45, 7) is 6.09. The number of rotatable bonds is 11. The molecule has 0 spiro atoms. The van der Waals surface area contributed by atoms with E-state index in [1.807, 2.05) is 26.8 Å². The Labute approximate surface area is 220 Å². The Bertz CT molecular complexity index is 953. The maximum Gasteiger partial charge on any atom is 0.243 e. The molecule has 2 aromatic rings. The smallest absolute Gasteiger partial charge is 0.243 e. The quantitative estimate of drug-likeness (QED) is 0.321. The summed E-state index contributed by atoms with van der Waals surface area (Å²) in [6.07, 6.45) is 1.29. The van der Waals surface area contributed by atoms with E-state index in [4.69, 9.17) is 46.4 Å². The van der Waals surface area contributed by atoms with Gasteiger partial charge in [0.15, 0.2) is 0 Å². The van der Waals surface area contributed by atoms with E-state index in [0.29, 0.717) is 32.3 Å². The standard InChI is InChI=1S/C24H28Cl4N2O2S/c1-4-15(3)29-24(32)22(5-2)30(12-16-9-10-20(27)21(28)11-16)23(31)14-33-13-17-18(25)7-6-8-19(17)26/h6-11,15,22H,4-5,12-14H2,1-3H3,(H,29,32)/t15-,22+/m1/s1. The number of halogens is 4. The lowest BCUT2D eigenvalue weighted by atomic mass is 10.1. The van der Waals surface area contributed by atoms with Crippen LogP contribution in [0.3, 0.4) is 0 Å². The van der Waals surface area contributed by atoms with Crippen molar-refractivity contribution in [2.24, 2.45) is 0 Å². The van der Waals surface area contributed by atoms with Gasteiger partial charge in [-0.25, -0.2) is 0 Å². The molecule has 0 aliphatic heterocycles. The zero-order chi connectivity index (χ0) is 24.5. The molecule has 0 heterocycles. The van der Waals surface area contributed by atoms with Gasteiger partial charge in [0.2, 0.25) is 11.8 Å². The van der Waals surface area contributed by atoms with Crippen molar-refractivity contribution in [1.29, 1.82) is 0 Å². The highest BCUT2D eigenvalue weighted by Gasteiger charge is 2.29. The lowest BCUT2D eigenvalue weighted by Gasteiger charge is -2.31. The van der Waals surface area contributed by atoms with Crippen molar-refractivity contribution in [2.45, 2.75) is 58.0 Å². The number of carbonyl (C=O) groups excluding carboxylic acids is 2. The zero-order valence-electron chi connectivity index (χ0n) is 18.8. The molecule has 1 N–H and O–H groups in total. The zero-order valence-corrected chi connectivity index (χ0v) is 22.7. The predicted octanol–water partition coefficient (Wildman–Crippen LogP) is 7.26. The lowest BCUT2D eigenvalue weighted by Crippen LogP contribution is -2.51. The fraction of sp³-hybridized carbons (Fsp3) is 0.417. The van der Waals surface area contributed by atoms with Crippen LogP contribution in [-0.2, 0) is 21.9 Å². The van der Waals surface area contributed by atoms with Gasteiger partial charge in [-0.3, -0.25) is 9.59 Å². The summed E-state index contributed by atoms with van der Waals surface area (Å²) >= 11 is 26.1. The number of amides is 2. The summed E-state index contributed by atoms with van der Waals surface area (Å²) in [6, 6.07) is 9.96. The van der Waals surface area contributed by atoms with E-state index in [1.54, 1.807) is 35.2 Å². The first kappa shape index (κ1) is 28.1. The van der Waals surface area contributed by atoms with Gasteiger partial charge < -0.3 is 10.2 Å². The molecule has 0 aliphatic carbocycles. The minimum atomic E-state index is -0.606.